The molecule has 2 rings (SSSR count). The lowest BCUT2D eigenvalue weighted by atomic mass is 10.1. The number of carbonyl (C=O) groups is 2. The SMILES string of the molecule is CCCCCCN(CC(=O)Nc1cc(C)on1)C(=O)Nc1c(C)cccc1C. The van der Waals surface area contributed by atoms with Crippen molar-refractivity contribution in [3.05, 3.63) is 41.2 Å². The molecule has 1 aromatic carbocycles. The zero-order chi connectivity index (χ0) is 20.5. The first-order chi connectivity index (χ1) is 13.4. The molecule has 0 aliphatic rings. The van der Waals surface area contributed by atoms with E-state index in [1.165, 1.54) is 0 Å². The Bertz CT molecular complexity index is 780. The first kappa shape index (κ1) is 21.5. The highest BCUT2D eigenvalue weighted by atomic mass is 16.5. The molecule has 7 nitrogen and oxygen atoms in total. The lowest BCUT2D eigenvalue weighted by Gasteiger charge is -2.23. The molecular formula is C21H30N4O3. The van der Waals surface area contributed by atoms with Gasteiger partial charge in [0, 0.05) is 18.3 Å². The van der Waals surface area contributed by atoms with Gasteiger partial charge in [-0.25, -0.2) is 4.79 Å². The molecule has 7 heteroatoms. The van der Waals surface area contributed by atoms with Gasteiger partial charge in [-0.15, -0.1) is 0 Å². The van der Waals surface area contributed by atoms with E-state index < -0.39 is 0 Å². The van der Waals surface area contributed by atoms with Gasteiger partial charge < -0.3 is 20.1 Å². The molecule has 152 valence electrons. The zero-order valence-electron chi connectivity index (χ0n) is 17.2. The predicted molar refractivity (Wildman–Crippen MR) is 111 cm³/mol. The fourth-order valence-corrected chi connectivity index (χ4v) is 2.96. The van der Waals surface area contributed by atoms with E-state index in [2.05, 4.69) is 22.7 Å². The minimum atomic E-state index is -0.305. The smallest absolute Gasteiger partial charge is 0.322 e. The van der Waals surface area contributed by atoms with Gasteiger partial charge in [0.2, 0.25) is 5.91 Å². The maximum Gasteiger partial charge on any atom is 0.322 e. The van der Waals surface area contributed by atoms with Crippen LogP contribution in [0.5, 0.6) is 0 Å². The van der Waals surface area contributed by atoms with Crippen LogP contribution in [0, 0.1) is 20.8 Å². The molecule has 0 aliphatic carbocycles. The van der Waals surface area contributed by atoms with Crippen LogP contribution in [-0.4, -0.2) is 35.1 Å². The minimum Gasteiger partial charge on any atom is -0.360 e. The molecule has 0 saturated carbocycles. The first-order valence-corrected chi connectivity index (χ1v) is 9.76. The van der Waals surface area contributed by atoms with Crippen molar-refractivity contribution in [2.75, 3.05) is 23.7 Å². The summed E-state index contributed by atoms with van der Waals surface area (Å²) in [4.78, 5) is 26.8. The Morgan fingerprint density at radius 3 is 2.39 bits per heavy atom. The van der Waals surface area contributed by atoms with Crippen LogP contribution in [0.4, 0.5) is 16.3 Å². The largest absolute Gasteiger partial charge is 0.360 e. The monoisotopic (exact) mass is 386 g/mol. The van der Waals surface area contributed by atoms with Crippen LogP contribution in [-0.2, 0) is 4.79 Å². The van der Waals surface area contributed by atoms with Crippen molar-refractivity contribution in [2.24, 2.45) is 0 Å². The molecule has 3 amide bonds. The fourth-order valence-electron chi connectivity index (χ4n) is 2.96. The first-order valence-electron chi connectivity index (χ1n) is 9.76. The summed E-state index contributed by atoms with van der Waals surface area (Å²) in [6.45, 7) is 8.26. The van der Waals surface area contributed by atoms with E-state index in [9.17, 15) is 9.59 Å². The molecule has 0 aliphatic heterocycles. The molecule has 0 atom stereocenters. The van der Waals surface area contributed by atoms with E-state index >= 15 is 0 Å². The van der Waals surface area contributed by atoms with Gasteiger partial charge in [-0.1, -0.05) is 49.5 Å². The van der Waals surface area contributed by atoms with Crippen LogP contribution in [0.3, 0.4) is 0 Å². The number of aryl methyl sites for hydroxylation is 3. The molecule has 2 N–H and O–H groups in total. The third-order valence-corrected chi connectivity index (χ3v) is 4.51. The van der Waals surface area contributed by atoms with Gasteiger partial charge in [-0.05, 0) is 38.3 Å². The molecule has 0 radical (unpaired) electrons. The van der Waals surface area contributed by atoms with Crippen molar-refractivity contribution in [1.82, 2.24) is 10.1 Å². The Morgan fingerprint density at radius 2 is 1.79 bits per heavy atom. The number of nitrogens with zero attached hydrogens (tertiary/aromatic N) is 2. The summed E-state index contributed by atoms with van der Waals surface area (Å²) < 4.78 is 4.96. The van der Waals surface area contributed by atoms with E-state index in [-0.39, 0.29) is 18.5 Å². The topological polar surface area (TPSA) is 87.5 Å². The lowest BCUT2D eigenvalue weighted by Crippen LogP contribution is -2.41. The molecule has 1 heterocycles. The summed E-state index contributed by atoms with van der Waals surface area (Å²) in [6, 6.07) is 7.22. The molecule has 0 saturated heterocycles. The van der Waals surface area contributed by atoms with Gasteiger partial charge >= 0.3 is 6.03 Å². The van der Waals surface area contributed by atoms with Crippen LogP contribution in [0.1, 0.15) is 49.5 Å². The van der Waals surface area contributed by atoms with Crippen LogP contribution in [0.2, 0.25) is 0 Å². The number of amides is 3. The van der Waals surface area contributed by atoms with Crippen molar-refractivity contribution < 1.29 is 14.1 Å². The molecule has 2 aromatic rings. The number of nitrogens with one attached hydrogen (secondary N) is 2. The van der Waals surface area contributed by atoms with Crippen LogP contribution < -0.4 is 10.6 Å². The number of urea groups is 1. The second-order valence-electron chi connectivity index (χ2n) is 7.05. The average Bonchev–Trinajstić information content (AvgIpc) is 3.05. The van der Waals surface area contributed by atoms with Crippen molar-refractivity contribution in [3.63, 3.8) is 0 Å². The number of unbranched alkanes of at least 4 members (excludes halogenated alkanes) is 3. The molecule has 28 heavy (non-hydrogen) atoms. The summed E-state index contributed by atoms with van der Waals surface area (Å²) in [5, 5.41) is 9.40. The second kappa shape index (κ2) is 10.5. The van der Waals surface area contributed by atoms with E-state index in [0.29, 0.717) is 18.1 Å². The van der Waals surface area contributed by atoms with Gasteiger partial charge in [-0.3, -0.25) is 4.79 Å². The molecule has 0 spiro atoms. The highest BCUT2D eigenvalue weighted by molar-refractivity contribution is 5.97. The number of benzene rings is 1. The molecule has 0 fully saturated rings. The van der Waals surface area contributed by atoms with Crippen LogP contribution >= 0.6 is 0 Å². The van der Waals surface area contributed by atoms with E-state index in [0.717, 1.165) is 42.5 Å². The number of aromatic nitrogens is 1. The Kier molecular flexibility index (Phi) is 8.04. The Hall–Kier alpha value is -2.83. The number of hydrogen-bond donors (Lipinski definition) is 2. The maximum atomic E-state index is 12.9. The summed E-state index contributed by atoms with van der Waals surface area (Å²) in [5.41, 5.74) is 2.77. The van der Waals surface area contributed by atoms with Crippen molar-refractivity contribution in [1.29, 1.82) is 0 Å². The van der Waals surface area contributed by atoms with Crippen molar-refractivity contribution in [2.45, 2.75) is 53.4 Å². The van der Waals surface area contributed by atoms with Crippen LogP contribution in [0.15, 0.2) is 28.8 Å². The van der Waals surface area contributed by atoms with Gasteiger partial charge in [0.15, 0.2) is 5.82 Å². The third-order valence-electron chi connectivity index (χ3n) is 4.51. The molecule has 1 aromatic heterocycles. The predicted octanol–water partition coefficient (Wildman–Crippen LogP) is 4.65. The van der Waals surface area contributed by atoms with Gasteiger partial charge in [0.25, 0.3) is 0 Å². The molecule has 0 bridgehead atoms. The quantitative estimate of drug-likeness (QED) is 0.614. The number of hydrogen-bond acceptors (Lipinski definition) is 4. The van der Waals surface area contributed by atoms with Gasteiger partial charge in [-0.2, -0.15) is 0 Å². The Balaban J connectivity index is 2.04. The third kappa shape index (κ3) is 6.40. The van der Waals surface area contributed by atoms with Gasteiger partial charge in [0.05, 0.1) is 0 Å². The highest BCUT2D eigenvalue weighted by Crippen LogP contribution is 2.20. The number of para-hydroxylation sites is 1. The number of rotatable bonds is 9. The zero-order valence-corrected chi connectivity index (χ0v) is 17.2. The highest BCUT2D eigenvalue weighted by Gasteiger charge is 2.19. The lowest BCUT2D eigenvalue weighted by molar-refractivity contribution is -0.116. The maximum absolute atomic E-state index is 12.9. The Morgan fingerprint density at radius 1 is 1.07 bits per heavy atom. The van der Waals surface area contributed by atoms with E-state index in [1.807, 2.05) is 32.0 Å². The van der Waals surface area contributed by atoms with Crippen molar-refractivity contribution >= 4 is 23.4 Å². The standard InChI is InChI=1S/C21H30N4O3/c1-5-6-7-8-12-25(14-19(26)22-18-13-17(4)28-24-18)21(27)23-20-15(2)10-9-11-16(20)3/h9-11,13H,5-8,12,14H2,1-4H3,(H,23,27)(H,22,24,26). The van der Waals surface area contributed by atoms with Crippen LogP contribution in [0.25, 0.3) is 0 Å². The summed E-state index contributed by atoms with van der Waals surface area (Å²) in [6.07, 6.45) is 4.09. The van der Waals surface area contributed by atoms with Gasteiger partial charge in [0.1, 0.15) is 12.3 Å². The summed E-state index contributed by atoms with van der Waals surface area (Å²) in [5.74, 6) is 0.656. The summed E-state index contributed by atoms with van der Waals surface area (Å²) in [7, 11) is 0. The fraction of sp³-hybridized carbons (Fsp3) is 0.476. The Labute approximate surface area is 166 Å². The molecular weight excluding hydrogens is 356 g/mol. The number of carbonyl (C=O) groups excluding carboxylic acids is 2. The van der Waals surface area contributed by atoms with Crippen molar-refractivity contribution in [3.8, 4) is 0 Å². The number of anilines is 2. The minimum absolute atomic E-state index is 0.0468. The normalized spacial score (nSPS) is 10.6. The van der Waals surface area contributed by atoms with E-state index in [1.54, 1.807) is 17.9 Å². The average molecular weight is 386 g/mol. The molecule has 0 unspecified atom stereocenters. The van der Waals surface area contributed by atoms with E-state index in [4.69, 9.17) is 4.52 Å². The summed E-state index contributed by atoms with van der Waals surface area (Å²) >= 11 is 0. The second-order valence-corrected chi connectivity index (χ2v) is 7.05.